The molecule has 1 rings (SSSR count). The van der Waals surface area contributed by atoms with E-state index in [-0.39, 0.29) is 0 Å². The zero-order valence-electron chi connectivity index (χ0n) is 11.0. The molecule has 9 heteroatoms. The number of carbonyl (C=O) groups excluding carboxylic acids is 1. The molecule has 2 N–H and O–H groups in total. The zero-order chi connectivity index (χ0) is 16.2. The predicted octanol–water partition coefficient (Wildman–Crippen LogP) is 0.582. The highest BCUT2D eigenvalue weighted by Gasteiger charge is 2.25. The summed E-state index contributed by atoms with van der Waals surface area (Å²) in [5, 5.41) is 10.8. The summed E-state index contributed by atoms with van der Waals surface area (Å²) >= 11 is 0. The Labute approximate surface area is 119 Å². The number of amides is 1. The van der Waals surface area contributed by atoms with Crippen molar-refractivity contribution in [3.05, 3.63) is 35.4 Å². The number of carbonyl (C=O) groups is 2. The predicted molar refractivity (Wildman–Crippen MR) is 69.6 cm³/mol. The van der Waals surface area contributed by atoms with Crippen LogP contribution < -0.4 is 5.32 Å². The van der Waals surface area contributed by atoms with Gasteiger partial charge in [0.15, 0.2) is 0 Å². The van der Waals surface area contributed by atoms with Gasteiger partial charge in [0.1, 0.15) is 33.1 Å². The Kier molecular flexibility index (Phi) is 5.36. The minimum Gasteiger partial charge on any atom is -0.480 e. The fourth-order valence-corrected chi connectivity index (χ4v) is 2.20. The molecule has 0 aromatic heterocycles. The molecule has 0 heterocycles. The third-order valence-electron chi connectivity index (χ3n) is 2.57. The van der Waals surface area contributed by atoms with Gasteiger partial charge >= 0.3 is 5.97 Å². The molecule has 0 aliphatic rings. The van der Waals surface area contributed by atoms with Crippen molar-refractivity contribution in [1.29, 1.82) is 0 Å². The van der Waals surface area contributed by atoms with E-state index in [2.05, 4.69) is 0 Å². The molecule has 0 spiro atoms. The normalized spacial score (nSPS) is 12.7. The van der Waals surface area contributed by atoms with Gasteiger partial charge in [-0.2, -0.15) is 0 Å². The van der Waals surface area contributed by atoms with E-state index in [1.807, 2.05) is 5.32 Å². The Morgan fingerprint density at radius 3 is 2.24 bits per heavy atom. The molecule has 0 aliphatic carbocycles. The van der Waals surface area contributed by atoms with E-state index in [9.17, 15) is 26.8 Å². The van der Waals surface area contributed by atoms with E-state index in [0.29, 0.717) is 0 Å². The molecule has 1 atom stereocenters. The minimum atomic E-state index is -3.43. The van der Waals surface area contributed by atoms with Crippen molar-refractivity contribution in [3.8, 4) is 0 Å². The number of hydrogen-bond donors (Lipinski definition) is 2. The van der Waals surface area contributed by atoms with Crippen molar-refractivity contribution in [2.24, 2.45) is 0 Å². The van der Waals surface area contributed by atoms with Gasteiger partial charge in [0, 0.05) is 6.26 Å². The Hall–Kier alpha value is -2.03. The molecular weight excluding hydrogens is 308 g/mol. The first kappa shape index (κ1) is 17.0. The fraction of sp³-hybridized carbons (Fsp3) is 0.333. The van der Waals surface area contributed by atoms with E-state index in [4.69, 9.17) is 5.11 Å². The second-order valence-corrected chi connectivity index (χ2v) is 6.64. The number of sulfone groups is 1. The first-order chi connectivity index (χ1) is 9.61. The van der Waals surface area contributed by atoms with Crippen LogP contribution in [0.5, 0.6) is 0 Å². The number of carboxylic acids is 1. The maximum Gasteiger partial charge on any atom is 0.326 e. The van der Waals surface area contributed by atoms with Crippen molar-refractivity contribution in [2.75, 3.05) is 12.0 Å². The van der Waals surface area contributed by atoms with Crippen LogP contribution >= 0.6 is 0 Å². The number of hydrogen-bond acceptors (Lipinski definition) is 4. The van der Waals surface area contributed by atoms with Gasteiger partial charge in [-0.15, -0.1) is 0 Å². The van der Waals surface area contributed by atoms with Crippen molar-refractivity contribution in [3.63, 3.8) is 0 Å². The molecule has 1 amide bonds. The molecule has 6 nitrogen and oxygen atoms in total. The molecule has 21 heavy (non-hydrogen) atoms. The van der Waals surface area contributed by atoms with Crippen molar-refractivity contribution < 1.29 is 31.9 Å². The molecule has 0 saturated heterocycles. The lowest BCUT2D eigenvalue weighted by molar-refractivity contribution is -0.139. The van der Waals surface area contributed by atoms with E-state index in [1.54, 1.807) is 0 Å². The first-order valence-electron chi connectivity index (χ1n) is 5.77. The average molecular weight is 321 g/mol. The third kappa shape index (κ3) is 5.10. The maximum atomic E-state index is 13.4. The maximum absolute atomic E-state index is 13.4. The van der Waals surface area contributed by atoms with Crippen LogP contribution in [0.3, 0.4) is 0 Å². The Morgan fingerprint density at radius 2 is 1.81 bits per heavy atom. The zero-order valence-corrected chi connectivity index (χ0v) is 11.8. The van der Waals surface area contributed by atoms with Gasteiger partial charge < -0.3 is 10.4 Å². The highest BCUT2D eigenvalue weighted by molar-refractivity contribution is 7.90. The Balaban J connectivity index is 2.89. The van der Waals surface area contributed by atoms with E-state index in [1.165, 1.54) is 0 Å². The van der Waals surface area contributed by atoms with Crippen LogP contribution in [-0.2, 0) is 14.6 Å². The summed E-state index contributed by atoms with van der Waals surface area (Å²) < 4.78 is 48.8. The summed E-state index contributed by atoms with van der Waals surface area (Å²) in [4.78, 5) is 22.7. The second-order valence-electron chi connectivity index (χ2n) is 4.38. The van der Waals surface area contributed by atoms with Crippen LogP contribution in [0.1, 0.15) is 16.8 Å². The fourth-order valence-electron chi connectivity index (χ4n) is 1.53. The van der Waals surface area contributed by atoms with Crippen molar-refractivity contribution in [2.45, 2.75) is 12.5 Å². The summed E-state index contributed by atoms with van der Waals surface area (Å²) in [6.07, 6.45) is 0.500. The van der Waals surface area contributed by atoms with Gasteiger partial charge in [-0.1, -0.05) is 6.07 Å². The van der Waals surface area contributed by atoms with Crippen LogP contribution in [0.4, 0.5) is 8.78 Å². The highest BCUT2D eigenvalue weighted by Crippen LogP contribution is 2.12. The van der Waals surface area contributed by atoms with Gasteiger partial charge in [0.2, 0.25) is 0 Å². The molecule has 0 aliphatic heterocycles. The SMILES string of the molecule is CS(=O)(=O)CCC(NC(=O)c1c(F)cccc1F)C(=O)O. The largest absolute Gasteiger partial charge is 0.480 e. The number of benzene rings is 1. The number of aliphatic carboxylic acids is 1. The number of halogens is 2. The molecule has 0 bridgehead atoms. The van der Waals surface area contributed by atoms with Gasteiger partial charge in [-0.3, -0.25) is 4.79 Å². The van der Waals surface area contributed by atoms with Gasteiger partial charge in [-0.25, -0.2) is 22.0 Å². The average Bonchev–Trinajstić information content (AvgIpc) is 2.32. The second kappa shape index (κ2) is 6.61. The smallest absolute Gasteiger partial charge is 0.326 e. The van der Waals surface area contributed by atoms with Gasteiger partial charge in [0.25, 0.3) is 5.91 Å². The highest BCUT2D eigenvalue weighted by atomic mass is 32.2. The molecule has 116 valence electrons. The summed E-state index contributed by atoms with van der Waals surface area (Å²) in [7, 11) is -3.43. The molecule has 0 radical (unpaired) electrons. The van der Waals surface area contributed by atoms with Crippen LogP contribution in [-0.4, -0.2) is 43.5 Å². The minimum absolute atomic E-state index is 0.407. The molecule has 1 aromatic carbocycles. The molecule has 0 saturated carbocycles. The lowest BCUT2D eigenvalue weighted by atomic mass is 10.1. The van der Waals surface area contributed by atoms with E-state index in [0.717, 1.165) is 24.5 Å². The monoisotopic (exact) mass is 321 g/mol. The third-order valence-corrected chi connectivity index (χ3v) is 3.55. The van der Waals surface area contributed by atoms with Crippen LogP contribution in [0.25, 0.3) is 0 Å². The summed E-state index contributed by atoms with van der Waals surface area (Å²) in [5.74, 6) is -5.51. The van der Waals surface area contributed by atoms with E-state index >= 15 is 0 Å². The van der Waals surface area contributed by atoms with Crippen LogP contribution in [0, 0.1) is 11.6 Å². The van der Waals surface area contributed by atoms with Gasteiger partial charge in [0.05, 0.1) is 5.75 Å². The van der Waals surface area contributed by atoms with Crippen molar-refractivity contribution in [1.82, 2.24) is 5.32 Å². The Bertz CT molecular complexity index is 639. The number of nitrogens with one attached hydrogen (secondary N) is 1. The van der Waals surface area contributed by atoms with Gasteiger partial charge in [-0.05, 0) is 18.6 Å². The topological polar surface area (TPSA) is 101 Å². The summed E-state index contributed by atoms with van der Waals surface area (Å²) in [6.45, 7) is 0. The lowest BCUT2D eigenvalue weighted by Gasteiger charge is -2.14. The number of carboxylic acid groups (broad SMARTS) is 1. The Morgan fingerprint density at radius 1 is 1.29 bits per heavy atom. The molecule has 1 unspecified atom stereocenters. The summed E-state index contributed by atoms with van der Waals surface area (Å²) in [5.41, 5.74) is -0.914. The molecule has 1 aromatic rings. The van der Waals surface area contributed by atoms with E-state index < -0.39 is 57.1 Å². The molecule has 0 fully saturated rings. The van der Waals surface area contributed by atoms with Crippen molar-refractivity contribution >= 4 is 21.7 Å². The standard InChI is InChI=1S/C12H13F2NO5S/c1-21(19,20)6-5-9(12(17)18)15-11(16)10-7(13)3-2-4-8(10)14/h2-4,9H,5-6H2,1H3,(H,15,16)(H,17,18). The lowest BCUT2D eigenvalue weighted by Crippen LogP contribution is -2.42. The van der Waals surface area contributed by atoms with Crippen LogP contribution in [0.15, 0.2) is 18.2 Å². The number of rotatable bonds is 6. The quantitative estimate of drug-likeness (QED) is 0.798. The molecular formula is C12H13F2NO5S. The summed E-state index contributed by atoms with van der Waals surface area (Å²) in [6, 6.07) is 1.19. The first-order valence-corrected chi connectivity index (χ1v) is 7.83. The van der Waals surface area contributed by atoms with Crippen LogP contribution in [0.2, 0.25) is 0 Å².